The van der Waals surface area contributed by atoms with Crippen molar-refractivity contribution in [2.24, 2.45) is 0 Å². The van der Waals surface area contributed by atoms with E-state index in [1.165, 1.54) is 0 Å². The molecule has 0 aliphatic carbocycles. The summed E-state index contributed by atoms with van der Waals surface area (Å²) in [5.41, 5.74) is 0. The van der Waals surface area contributed by atoms with Gasteiger partial charge in [0.1, 0.15) is 6.67 Å². The largest absolute Gasteiger partial charge is 0.313 e. The molecular formula is C10H21FN2. The van der Waals surface area contributed by atoms with Crippen LogP contribution in [0, 0.1) is 0 Å². The molecule has 0 radical (unpaired) electrons. The Balaban J connectivity index is 2.45. The second-order valence-corrected chi connectivity index (χ2v) is 3.88. The quantitative estimate of drug-likeness (QED) is 0.720. The van der Waals surface area contributed by atoms with Gasteiger partial charge in [-0.1, -0.05) is 6.92 Å². The van der Waals surface area contributed by atoms with Crippen LogP contribution in [0.4, 0.5) is 4.39 Å². The van der Waals surface area contributed by atoms with Crippen molar-refractivity contribution < 1.29 is 4.39 Å². The fourth-order valence-corrected chi connectivity index (χ4v) is 1.90. The molecule has 1 aliphatic heterocycles. The lowest BCUT2D eigenvalue weighted by molar-refractivity contribution is 0.187. The first-order valence-corrected chi connectivity index (χ1v) is 5.31. The van der Waals surface area contributed by atoms with Crippen LogP contribution in [0.25, 0.3) is 0 Å². The van der Waals surface area contributed by atoms with Crippen molar-refractivity contribution in [2.45, 2.75) is 38.8 Å². The first-order chi connectivity index (χ1) is 6.27. The molecule has 0 aromatic rings. The van der Waals surface area contributed by atoms with Gasteiger partial charge >= 0.3 is 0 Å². The van der Waals surface area contributed by atoms with Gasteiger partial charge in [0.15, 0.2) is 0 Å². The Bertz CT molecular complexity index is 141. The van der Waals surface area contributed by atoms with Gasteiger partial charge in [-0.05, 0) is 26.3 Å². The van der Waals surface area contributed by atoms with Crippen molar-refractivity contribution >= 4 is 0 Å². The number of nitrogens with zero attached hydrogens (tertiary/aromatic N) is 1. The maximum absolute atomic E-state index is 12.3. The van der Waals surface area contributed by atoms with Crippen LogP contribution in [0.5, 0.6) is 0 Å². The lowest BCUT2D eigenvalue weighted by Gasteiger charge is -2.27. The Morgan fingerprint density at radius 2 is 2.31 bits per heavy atom. The Kier molecular flexibility index (Phi) is 4.67. The number of alkyl halides is 1. The summed E-state index contributed by atoms with van der Waals surface area (Å²) >= 11 is 0. The van der Waals surface area contributed by atoms with E-state index in [9.17, 15) is 4.39 Å². The van der Waals surface area contributed by atoms with Crippen LogP contribution in [0.1, 0.15) is 26.7 Å². The van der Waals surface area contributed by atoms with E-state index < -0.39 is 0 Å². The third-order valence-corrected chi connectivity index (χ3v) is 2.94. The third-order valence-electron chi connectivity index (χ3n) is 2.94. The number of halogens is 1. The second-order valence-electron chi connectivity index (χ2n) is 3.88. The highest BCUT2D eigenvalue weighted by Gasteiger charge is 2.20. The Hall–Kier alpha value is -0.150. The van der Waals surface area contributed by atoms with Crippen LogP contribution < -0.4 is 5.32 Å². The number of nitrogens with one attached hydrogen (secondary N) is 1. The van der Waals surface area contributed by atoms with E-state index >= 15 is 0 Å². The minimum absolute atomic E-state index is 0.221. The number of rotatable bonds is 3. The maximum Gasteiger partial charge on any atom is 0.102 e. The molecule has 1 rings (SSSR count). The molecule has 0 aromatic carbocycles. The lowest BCUT2D eigenvalue weighted by atomic mass is 10.2. The highest BCUT2D eigenvalue weighted by molar-refractivity contribution is 4.79. The first-order valence-electron chi connectivity index (χ1n) is 5.31. The summed E-state index contributed by atoms with van der Waals surface area (Å²) in [6.07, 6.45) is 2.27. The minimum Gasteiger partial charge on any atom is -0.313 e. The van der Waals surface area contributed by atoms with Crippen molar-refractivity contribution in [1.29, 1.82) is 0 Å². The molecule has 2 atom stereocenters. The Labute approximate surface area is 80.5 Å². The van der Waals surface area contributed by atoms with E-state index in [1.807, 2.05) is 0 Å². The molecule has 1 N–H and O–H groups in total. The molecule has 0 saturated carbocycles. The van der Waals surface area contributed by atoms with Crippen LogP contribution >= 0.6 is 0 Å². The number of hydrogen-bond acceptors (Lipinski definition) is 2. The normalized spacial score (nSPS) is 31.6. The molecule has 2 unspecified atom stereocenters. The highest BCUT2D eigenvalue weighted by atomic mass is 19.1. The van der Waals surface area contributed by atoms with Crippen LogP contribution in [-0.2, 0) is 0 Å². The second kappa shape index (κ2) is 5.55. The zero-order valence-electron chi connectivity index (χ0n) is 8.72. The molecule has 1 saturated heterocycles. The average molecular weight is 188 g/mol. The Morgan fingerprint density at radius 1 is 1.54 bits per heavy atom. The van der Waals surface area contributed by atoms with Crippen LogP contribution in [-0.4, -0.2) is 43.3 Å². The molecule has 3 heteroatoms. The van der Waals surface area contributed by atoms with Crippen molar-refractivity contribution in [2.75, 3.05) is 26.3 Å². The van der Waals surface area contributed by atoms with Crippen LogP contribution in [0.3, 0.4) is 0 Å². The molecule has 0 aromatic heterocycles. The summed E-state index contributed by atoms with van der Waals surface area (Å²) in [6.45, 7) is 6.82. The maximum atomic E-state index is 12.3. The van der Waals surface area contributed by atoms with E-state index in [1.54, 1.807) is 0 Å². The molecule has 1 fully saturated rings. The van der Waals surface area contributed by atoms with Gasteiger partial charge in [0.05, 0.1) is 0 Å². The summed E-state index contributed by atoms with van der Waals surface area (Å²) in [4.78, 5) is 2.26. The van der Waals surface area contributed by atoms with Crippen LogP contribution in [0.15, 0.2) is 0 Å². The van der Waals surface area contributed by atoms with E-state index in [2.05, 4.69) is 24.1 Å². The highest BCUT2D eigenvalue weighted by Crippen LogP contribution is 2.09. The third kappa shape index (κ3) is 3.24. The molecule has 1 heterocycles. The van der Waals surface area contributed by atoms with Gasteiger partial charge in [-0.3, -0.25) is 4.90 Å². The SMILES string of the molecule is CCC1CN(CCF)C(C)CCN1. The minimum atomic E-state index is -0.221. The van der Waals surface area contributed by atoms with Crippen molar-refractivity contribution in [1.82, 2.24) is 10.2 Å². The average Bonchev–Trinajstić information content (AvgIpc) is 2.30. The topological polar surface area (TPSA) is 15.3 Å². The Morgan fingerprint density at radius 3 is 2.92 bits per heavy atom. The molecule has 0 spiro atoms. The van der Waals surface area contributed by atoms with E-state index in [-0.39, 0.29) is 6.67 Å². The van der Waals surface area contributed by atoms with E-state index in [0.29, 0.717) is 18.6 Å². The molecule has 78 valence electrons. The molecular weight excluding hydrogens is 167 g/mol. The predicted molar refractivity (Wildman–Crippen MR) is 53.7 cm³/mol. The predicted octanol–water partition coefficient (Wildman–Crippen LogP) is 1.42. The smallest absolute Gasteiger partial charge is 0.102 e. The van der Waals surface area contributed by atoms with Gasteiger partial charge in [0.2, 0.25) is 0 Å². The molecule has 2 nitrogen and oxygen atoms in total. The van der Waals surface area contributed by atoms with Gasteiger partial charge < -0.3 is 5.32 Å². The van der Waals surface area contributed by atoms with Gasteiger partial charge in [-0.25, -0.2) is 4.39 Å². The van der Waals surface area contributed by atoms with Gasteiger partial charge in [0, 0.05) is 25.2 Å². The number of hydrogen-bond donors (Lipinski definition) is 1. The zero-order chi connectivity index (χ0) is 9.68. The van der Waals surface area contributed by atoms with Crippen molar-refractivity contribution in [3.63, 3.8) is 0 Å². The van der Waals surface area contributed by atoms with Gasteiger partial charge in [-0.2, -0.15) is 0 Å². The fraction of sp³-hybridized carbons (Fsp3) is 1.00. The summed E-state index contributed by atoms with van der Waals surface area (Å²) in [6, 6.07) is 1.08. The summed E-state index contributed by atoms with van der Waals surface area (Å²) in [7, 11) is 0. The first kappa shape index (κ1) is 10.9. The summed E-state index contributed by atoms with van der Waals surface area (Å²) in [5.74, 6) is 0. The standard InChI is InChI=1S/C10H21FN2/c1-3-10-8-13(7-5-11)9(2)4-6-12-10/h9-10,12H,3-8H2,1-2H3. The fourth-order valence-electron chi connectivity index (χ4n) is 1.90. The zero-order valence-corrected chi connectivity index (χ0v) is 8.72. The molecule has 1 aliphatic rings. The summed E-state index contributed by atoms with van der Waals surface area (Å²) < 4.78 is 12.3. The molecule has 13 heavy (non-hydrogen) atoms. The van der Waals surface area contributed by atoms with Gasteiger partial charge in [-0.15, -0.1) is 0 Å². The molecule has 0 amide bonds. The van der Waals surface area contributed by atoms with E-state index in [4.69, 9.17) is 0 Å². The van der Waals surface area contributed by atoms with Crippen molar-refractivity contribution in [3.05, 3.63) is 0 Å². The van der Waals surface area contributed by atoms with Crippen LogP contribution in [0.2, 0.25) is 0 Å². The van der Waals surface area contributed by atoms with Gasteiger partial charge in [0.25, 0.3) is 0 Å². The summed E-state index contributed by atoms with van der Waals surface area (Å²) in [5, 5.41) is 3.49. The lowest BCUT2D eigenvalue weighted by Crippen LogP contribution is -2.40. The van der Waals surface area contributed by atoms with E-state index in [0.717, 1.165) is 25.9 Å². The monoisotopic (exact) mass is 188 g/mol. The molecule has 0 bridgehead atoms. The van der Waals surface area contributed by atoms with Crippen molar-refractivity contribution in [3.8, 4) is 0 Å².